The molecular formula is C34H50F3N5O5. The van der Waals surface area contributed by atoms with Gasteiger partial charge in [-0.3, -0.25) is 5.32 Å². The molecule has 10 nitrogen and oxygen atoms in total. The van der Waals surface area contributed by atoms with Crippen LogP contribution >= 0.6 is 0 Å². The molecule has 1 fully saturated rings. The third kappa shape index (κ3) is 12.8. The zero-order valence-corrected chi connectivity index (χ0v) is 28.8. The molecule has 1 aliphatic heterocycles. The Morgan fingerprint density at radius 1 is 1.00 bits per heavy atom. The van der Waals surface area contributed by atoms with E-state index in [4.69, 9.17) is 14.0 Å². The van der Waals surface area contributed by atoms with Crippen molar-refractivity contribution in [2.24, 2.45) is 4.99 Å². The molecule has 0 bridgehead atoms. The first-order valence-corrected chi connectivity index (χ1v) is 16.6. The predicted molar refractivity (Wildman–Crippen MR) is 173 cm³/mol. The number of aromatic nitrogens is 2. The lowest BCUT2D eigenvalue weighted by Gasteiger charge is -2.33. The molecule has 0 saturated carbocycles. The van der Waals surface area contributed by atoms with Gasteiger partial charge < -0.3 is 18.9 Å². The topological polar surface area (TPSA) is 119 Å². The molecule has 47 heavy (non-hydrogen) atoms. The van der Waals surface area contributed by atoms with Crippen molar-refractivity contribution in [3.05, 3.63) is 35.2 Å². The standard InChI is InChI=1S/C34H50F3N5O5/c1-8-9-10-11-12-13-14-16-23-18-19-24(21-26(23)34(35,36)37)27-38-28(47-41-27)25-17-15-20-42(22-25)29(39-30(43)45-32(2,3)4)40-31(44)46-33(5,6)7/h18-19,21,25H,8-17,20,22H2,1-7H3,(H,39,40,43,44)/t25-/m1/s1. The van der Waals surface area contributed by atoms with Gasteiger partial charge in [0.25, 0.3) is 0 Å². The Labute approximate surface area is 275 Å². The monoisotopic (exact) mass is 665 g/mol. The summed E-state index contributed by atoms with van der Waals surface area (Å²) < 4.78 is 58.5. The Morgan fingerprint density at radius 3 is 2.30 bits per heavy atom. The van der Waals surface area contributed by atoms with Gasteiger partial charge in [0.05, 0.1) is 11.5 Å². The lowest BCUT2D eigenvalue weighted by Crippen LogP contribution is -2.49. The lowest BCUT2D eigenvalue weighted by atomic mass is 9.97. The average Bonchev–Trinajstić information content (AvgIpc) is 3.44. The fourth-order valence-electron chi connectivity index (χ4n) is 5.30. The molecule has 1 aliphatic rings. The van der Waals surface area contributed by atoms with Gasteiger partial charge in [0, 0.05) is 18.7 Å². The number of nitrogens with zero attached hydrogens (tertiary/aromatic N) is 4. The van der Waals surface area contributed by atoms with Crippen LogP contribution in [0, 0.1) is 0 Å². The molecule has 1 aromatic carbocycles. The fourth-order valence-corrected chi connectivity index (χ4v) is 5.30. The van der Waals surface area contributed by atoms with Crippen molar-refractivity contribution in [1.29, 1.82) is 0 Å². The summed E-state index contributed by atoms with van der Waals surface area (Å²) in [5, 5.41) is 6.57. The van der Waals surface area contributed by atoms with E-state index in [1.807, 2.05) is 0 Å². The van der Waals surface area contributed by atoms with Crippen LogP contribution in [0.5, 0.6) is 0 Å². The third-order valence-electron chi connectivity index (χ3n) is 7.44. The van der Waals surface area contributed by atoms with E-state index < -0.39 is 35.1 Å². The van der Waals surface area contributed by atoms with Gasteiger partial charge in [0.15, 0.2) is 0 Å². The second-order valence-corrected chi connectivity index (χ2v) is 14.0. The van der Waals surface area contributed by atoms with Crippen LogP contribution < -0.4 is 5.32 Å². The molecule has 0 unspecified atom stereocenters. The molecular weight excluding hydrogens is 615 g/mol. The number of carbonyl (C=O) groups is 2. The summed E-state index contributed by atoms with van der Waals surface area (Å²) in [6, 6.07) is 4.20. The first kappa shape index (κ1) is 37.8. The Kier molecular flexibility index (Phi) is 13.2. The highest BCUT2D eigenvalue weighted by atomic mass is 19.4. The number of carbonyl (C=O) groups excluding carboxylic acids is 2. The Bertz CT molecular complexity index is 1360. The van der Waals surface area contributed by atoms with Crippen LogP contribution in [0.4, 0.5) is 22.8 Å². The number of guanidine groups is 1. The first-order chi connectivity index (χ1) is 21.9. The number of amides is 2. The zero-order chi connectivity index (χ0) is 34.8. The summed E-state index contributed by atoms with van der Waals surface area (Å²) in [7, 11) is 0. The molecule has 0 aliphatic carbocycles. The van der Waals surface area contributed by atoms with Gasteiger partial charge in [0.1, 0.15) is 11.2 Å². The number of rotatable bonds is 10. The second-order valence-electron chi connectivity index (χ2n) is 14.0. The van der Waals surface area contributed by atoms with Gasteiger partial charge in [-0.05, 0) is 78.9 Å². The van der Waals surface area contributed by atoms with E-state index in [2.05, 4.69) is 27.4 Å². The predicted octanol–water partition coefficient (Wildman–Crippen LogP) is 9.04. The number of alkyl carbamates (subject to hydrolysis) is 1. The second kappa shape index (κ2) is 16.5. The number of piperidine rings is 1. The normalized spacial score (nSPS) is 16.3. The van der Waals surface area contributed by atoms with Gasteiger partial charge in [0.2, 0.25) is 17.7 Å². The van der Waals surface area contributed by atoms with Crippen LogP contribution in [-0.4, -0.2) is 57.5 Å². The quantitative estimate of drug-likeness (QED) is 0.152. The molecule has 1 atom stereocenters. The largest absolute Gasteiger partial charge is 0.444 e. The van der Waals surface area contributed by atoms with Crippen LogP contribution in [0.15, 0.2) is 27.7 Å². The molecule has 3 rings (SSSR count). The van der Waals surface area contributed by atoms with Crippen molar-refractivity contribution in [3.8, 4) is 11.4 Å². The minimum Gasteiger partial charge on any atom is -0.444 e. The molecule has 2 heterocycles. The smallest absolute Gasteiger partial charge is 0.437 e. The number of aryl methyl sites for hydroxylation is 1. The minimum absolute atomic E-state index is 0.0516. The van der Waals surface area contributed by atoms with Gasteiger partial charge >= 0.3 is 18.4 Å². The van der Waals surface area contributed by atoms with Crippen LogP contribution in [0.25, 0.3) is 11.4 Å². The van der Waals surface area contributed by atoms with Gasteiger partial charge in [-0.2, -0.15) is 18.2 Å². The van der Waals surface area contributed by atoms with E-state index >= 15 is 0 Å². The van der Waals surface area contributed by atoms with E-state index in [0.29, 0.717) is 32.2 Å². The number of nitrogens with one attached hydrogen (secondary N) is 1. The molecule has 1 saturated heterocycles. The fraction of sp³-hybridized carbons (Fsp3) is 0.676. The molecule has 1 N–H and O–H groups in total. The summed E-state index contributed by atoms with van der Waals surface area (Å²) in [5.74, 6) is -0.101. The lowest BCUT2D eigenvalue weighted by molar-refractivity contribution is -0.138. The maximum Gasteiger partial charge on any atom is 0.437 e. The summed E-state index contributed by atoms with van der Waals surface area (Å²) >= 11 is 0. The maximum atomic E-state index is 14.1. The Hall–Kier alpha value is -3.64. The van der Waals surface area contributed by atoms with Crippen molar-refractivity contribution in [1.82, 2.24) is 20.4 Å². The van der Waals surface area contributed by atoms with E-state index in [1.165, 1.54) is 12.5 Å². The highest BCUT2D eigenvalue weighted by Gasteiger charge is 2.35. The number of benzene rings is 1. The first-order valence-electron chi connectivity index (χ1n) is 16.6. The summed E-state index contributed by atoms with van der Waals surface area (Å²) in [5.41, 5.74) is -1.81. The molecule has 13 heteroatoms. The molecule has 2 aromatic rings. The van der Waals surface area contributed by atoms with E-state index in [9.17, 15) is 22.8 Å². The third-order valence-corrected chi connectivity index (χ3v) is 7.44. The highest BCUT2D eigenvalue weighted by molar-refractivity contribution is 5.99. The van der Waals surface area contributed by atoms with Crippen LogP contribution in [0.2, 0.25) is 0 Å². The van der Waals surface area contributed by atoms with E-state index in [-0.39, 0.29) is 41.3 Å². The number of halogens is 3. The summed E-state index contributed by atoms with van der Waals surface area (Å²) in [4.78, 5) is 35.4. The molecule has 1 aromatic heterocycles. The van der Waals surface area contributed by atoms with E-state index in [0.717, 1.165) is 38.2 Å². The number of ether oxygens (including phenoxy) is 2. The molecule has 0 radical (unpaired) electrons. The Balaban J connectivity index is 1.76. The zero-order valence-electron chi connectivity index (χ0n) is 28.8. The van der Waals surface area contributed by atoms with Crippen LogP contribution in [0.3, 0.4) is 0 Å². The minimum atomic E-state index is -4.52. The van der Waals surface area contributed by atoms with Crippen LogP contribution in [0.1, 0.15) is 129 Å². The van der Waals surface area contributed by atoms with Gasteiger partial charge in [-0.25, -0.2) is 9.59 Å². The number of unbranched alkanes of at least 4 members (excludes halogenated alkanes) is 6. The van der Waals surface area contributed by atoms with Gasteiger partial charge in [-0.1, -0.05) is 62.7 Å². The van der Waals surface area contributed by atoms with Crippen LogP contribution in [-0.2, 0) is 22.1 Å². The van der Waals surface area contributed by atoms with Crippen molar-refractivity contribution >= 4 is 18.1 Å². The molecule has 262 valence electrons. The number of hydrogen-bond acceptors (Lipinski definition) is 7. The van der Waals surface area contributed by atoms with Gasteiger partial charge in [-0.15, -0.1) is 4.99 Å². The SMILES string of the molecule is CCCCCCCCCc1ccc(-c2noc([C@@H]3CCCN(/C(=N\C(=O)OC(C)(C)C)NC(=O)OC(C)(C)C)C3)n2)cc1C(F)(F)F. The highest BCUT2D eigenvalue weighted by Crippen LogP contribution is 2.36. The van der Waals surface area contributed by atoms with Crippen molar-refractivity contribution in [2.75, 3.05) is 13.1 Å². The number of alkyl halides is 3. The summed E-state index contributed by atoms with van der Waals surface area (Å²) in [6.07, 6.45) is 2.63. The maximum absolute atomic E-state index is 14.1. The molecule has 2 amide bonds. The van der Waals surface area contributed by atoms with Crippen molar-refractivity contribution < 1.29 is 36.8 Å². The number of hydrogen-bond donors (Lipinski definition) is 1. The van der Waals surface area contributed by atoms with Crippen molar-refractivity contribution in [3.63, 3.8) is 0 Å². The van der Waals surface area contributed by atoms with E-state index in [1.54, 1.807) is 52.5 Å². The van der Waals surface area contributed by atoms with Crippen molar-refractivity contribution in [2.45, 2.75) is 136 Å². The number of aliphatic imine (C=N–C) groups is 1. The Morgan fingerprint density at radius 2 is 1.66 bits per heavy atom. The number of likely N-dealkylation sites (tertiary alicyclic amines) is 1. The molecule has 0 spiro atoms. The summed E-state index contributed by atoms with van der Waals surface area (Å²) in [6.45, 7) is 13.1. The average molecular weight is 666 g/mol.